The predicted molar refractivity (Wildman–Crippen MR) is 128 cm³/mol. The number of rotatable bonds is 6. The molecule has 8 nitrogen and oxygen atoms in total. The third kappa shape index (κ3) is 4.71. The average molecular weight is 448 g/mol. The molecule has 0 aliphatic rings. The maximum Gasteiger partial charge on any atom is 0.271 e. The summed E-state index contributed by atoms with van der Waals surface area (Å²) in [7, 11) is 0. The first-order chi connectivity index (χ1) is 16.7. The molecular formula is C26H20N6O2. The summed E-state index contributed by atoms with van der Waals surface area (Å²) >= 11 is 0. The van der Waals surface area contributed by atoms with Crippen LogP contribution >= 0.6 is 0 Å². The van der Waals surface area contributed by atoms with Gasteiger partial charge in [0.2, 0.25) is 0 Å². The maximum atomic E-state index is 12.5. The average Bonchev–Trinajstić information content (AvgIpc) is 2.90. The van der Waals surface area contributed by atoms with E-state index < -0.39 is 0 Å². The van der Waals surface area contributed by atoms with Crippen LogP contribution in [0.5, 0.6) is 0 Å². The summed E-state index contributed by atoms with van der Waals surface area (Å²) in [5.74, 6) is -0.598. The van der Waals surface area contributed by atoms with Gasteiger partial charge >= 0.3 is 0 Å². The molecule has 2 N–H and O–H groups in total. The van der Waals surface area contributed by atoms with E-state index in [2.05, 4.69) is 30.6 Å². The van der Waals surface area contributed by atoms with Gasteiger partial charge in [-0.25, -0.2) is 9.97 Å². The van der Waals surface area contributed by atoms with E-state index in [-0.39, 0.29) is 23.2 Å². The van der Waals surface area contributed by atoms with Crippen LogP contribution in [0.2, 0.25) is 0 Å². The van der Waals surface area contributed by atoms with Gasteiger partial charge < -0.3 is 10.6 Å². The van der Waals surface area contributed by atoms with E-state index in [4.69, 9.17) is 0 Å². The topological polar surface area (TPSA) is 110 Å². The zero-order valence-electron chi connectivity index (χ0n) is 18.1. The summed E-state index contributed by atoms with van der Waals surface area (Å²) in [6, 6.07) is 22.4. The number of nitrogens with one attached hydrogen (secondary N) is 2. The van der Waals surface area contributed by atoms with Crippen molar-refractivity contribution in [3.63, 3.8) is 0 Å². The van der Waals surface area contributed by atoms with E-state index in [9.17, 15) is 9.59 Å². The Morgan fingerprint density at radius 2 is 1.03 bits per heavy atom. The lowest BCUT2D eigenvalue weighted by atomic mass is 10.1. The van der Waals surface area contributed by atoms with Gasteiger partial charge in [-0.15, -0.1) is 0 Å². The Hall–Kier alpha value is -4.72. The van der Waals surface area contributed by atoms with Gasteiger partial charge in [0.25, 0.3) is 11.8 Å². The van der Waals surface area contributed by atoms with E-state index >= 15 is 0 Å². The van der Waals surface area contributed by atoms with Gasteiger partial charge in [0.15, 0.2) is 0 Å². The summed E-state index contributed by atoms with van der Waals surface area (Å²) in [6.45, 7) is 0.649. The van der Waals surface area contributed by atoms with Crippen molar-refractivity contribution in [1.82, 2.24) is 30.6 Å². The smallest absolute Gasteiger partial charge is 0.271 e. The molecule has 0 saturated heterocycles. The van der Waals surface area contributed by atoms with E-state index in [1.165, 1.54) is 12.4 Å². The van der Waals surface area contributed by atoms with Crippen molar-refractivity contribution in [1.29, 1.82) is 0 Å². The van der Waals surface area contributed by atoms with Crippen LogP contribution in [0.25, 0.3) is 22.1 Å². The Balaban J connectivity index is 1.20. The van der Waals surface area contributed by atoms with Crippen LogP contribution in [0.1, 0.15) is 32.1 Å². The lowest BCUT2D eigenvalue weighted by molar-refractivity contribution is 0.0938. The molecule has 0 unspecified atom stereocenters. The van der Waals surface area contributed by atoms with E-state index in [0.29, 0.717) is 24.1 Å². The molecular weight excluding hydrogens is 428 g/mol. The third-order valence-corrected chi connectivity index (χ3v) is 5.26. The fraction of sp³-hybridized carbons (Fsp3) is 0.0769. The first kappa shape index (κ1) is 21.1. The number of carbonyl (C=O) groups is 2. The van der Waals surface area contributed by atoms with Gasteiger partial charge in [0.05, 0.1) is 34.5 Å². The fourth-order valence-corrected chi connectivity index (χ4v) is 3.53. The number of amides is 2. The first-order valence-electron chi connectivity index (χ1n) is 10.7. The van der Waals surface area contributed by atoms with Crippen molar-refractivity contribution in [2.75, 3.05) is 0 Å². The molecule has 5 aromatic rings. The molecule has 3 aromatic carbocycles. The number of hydrogen-bond donors (Lipinski definition) is 2. The van der Waals surface area contributed by atoms with Crippen molar-refractivity contribution in [2.45, 2.75) is 13.1 Å². The van der Waals surface area contributed by atoms with Gasteiger partial charge in [-0.05, 0) is 35.4 Å². The molecule has 0 aliphatic heterocycles. The summed E-state index contributed by atoms with van der Waals surface area (Å²) in [6.07, 6.45) is 2.94. The largest absolute Gasteiger partial charge is 0.347 e. The van der Waals surface area contributed by atoms with Gasteiger partial charge in [-0.1, -0.05) is 48.5 Å². The summed E-state index contributed by atoms with van der Waals surface area (Å²) in [4.78, 5) is 42.4. The first-order valence-corrected chi connectivity index (χ1v) is 10.7. The molecule has 2 amide bonds. The minimum absolute atomic E-state index is 0.263. The number of carbonyl (C=O) groups excluding carboxylic acids is 2. The molecule has 0 saturated carbocycles. The quantitative estimate of drug-likeness (QED) is 0.412. The Kier molecular flexibility index (Phi) is 5.85. The number of para-hydroxylation sites is 4. The van der Waals surface area contributed by atoms with Crippen molar-refractivity contribution in [3.8, 4) is 0 Å². The Morgan fingerprint density at radius 3 is 1.50 bits per heavy atom. The Labute approximate surface area is 195 Å². The van der Waals surface area contributed by atoms with Crippen LogP contribution in [-0.2, 0) is 13.1 Å². The standard InChI is InChI=1S/C26H20N6O2/c33-25(23-15-27-19-8-1-3-10-21(19)31-23)29-13-17-6-5-7-18(12-17)14-30-26(34)24-16-28-20-9-2-4-11-22(20)32-24/h1-12,15-16H,13-14H2,(H,29,33)(H,30,34). The molecule has 2 aromatic heterocycles. The van der Waals surface area contributed by atoms with Crippen LogP contribution in [0.15, 0.2) is 85.2 Å². The molecule has 2 heterocycles. The molecule has 0 aliphatic carbocycles. The van der Waals surface area contributed by atoms with E-state index in [1.807, 2.05) is 72.8 Å². The Morgan fingerprint density at radius 1 is 0.588 bits per heavy atom. The Bertz CT molecular complexity index is 1410. The monoisotopic (exact) mass is 448 g/mol. The molecule has 8 heteroatoms. The fourth-order valence-electron chi connectivity index (χ4n) is 3.53. The van der Waals surface area contributed by atoms with Gasteiger partial charge in [-0.3, -0.25) is 19.6 Å². The molecule has 0 fully saturated rings. The second-order valence-corrected chi connectivity index (χ2v) is 7.67. The van der Waals surface area contributed by atoms with Crippen LogP contribution in [0.4, 0.5) is 0 Å². The SMILES string of the molecule is O=C(NCc1cccc(CNC(=O)c2cnc3ccccc3n2)c1)c1cnc2ccccc2n1. The van der Waals surface area contributed by atoms with Crippen LogP contribution in [0.3, 0.4) is 0 Å². The number of fused-ring (bicyclic) bond motifs is 2. The zero-order chi connectivity index (χ0) is 23.3. The van der Waals surface area contributed by atoms with Crippen molar-refractivity contribution in [3.05, 3.63) is 108 Å². The van der Waals surface area contributed by atoms with E-state index in [0.717, 1.165) is 22.2 Å². The van der Waals surface area contributed by atoms with Crippen molar-refractivity contribution in [2.24, 2.45) is 0 Å². The number of benzene rings is 3. The lowest BCUT2D eigenvalue weighted by Crippen LogP contribution is -2.25. The number of nitrogens with zero attached hydrogens (tertiary/aromatic N) is 4. The van der Waals surface area contributed by atoms with Gasteiger partial charge in [-0.2, -0.15) is 0 Å². The lowest BCUT2D eigenvalue weighted by Gasteiger charge is -2.09. The summed E-state index contributed by atoms with van der Waals surface area (Å²) < 4.78 is 0. The normalized spacial score (nSPS) is 10.8. The molecule has 0 atom stereocenters. The third-order valence-electron chi connectivity index (χ3n) is 5.26. The highest BCUT2D eigenvalue weighted by Gasteiger charge is 2.11. The highest BCUT2D eigenvalue weighted by Crippen LogP contribution is 2.11. The van der Waals surface area contributed by atoms with Crippen molar-refractivity contribution >= 4 is 33.9 Å². The highest BCUT2D eigenvalue weighted by atomic mass is 16.2. The second kappa shape index (κ2) is 9.41. The summed E-state index contributed by atoms with van der Waals surface area (Å²) in [5, 5.41) is 5.74. The van der Waals surface area contributed by atoms with E-state index in [1.54, 1.807) is 0 Å². The zero-order valence-corrected chi connectivity index (χ0v) is 18.1. The van der Waals surface area contributed by atoms with Crippen LogP contribution in [0, 0.1) is 0 Å². The minimum atomic E-state index is -0.299. The highest BCUT2D eigenvalue weighted by molar-refractivity contribution is 5.94. The molecule has 34 heavy (non-hydrogen) atoms. The second-order valence-electron chi connectivity index (χ2n) is 7.67. The molecule has 166 valence electrons. The van der Waals surface area contributed by atoms with Crippen LogP contribution < -0.4 is 10.6 Å². The van der Waals surface area contributed by atoms with Crippen molar-refractivity contribution < 1.29 is 9.59 Å². The minimum Gasteiger partial charge on any atom is -0.347 e. The predicted octanol–water partition coefficient (Wildman–Crippen LogP) is 3.43. The molecule has 0 spiro atoms. The summed E-state index contributed by atoms with van der Waals surface area (Å²) in [5.41, 5.74) is 5.15. The number of hydrogen-bond acceptors (Lipinski definition) is 6. The molecule has 5 rings (SSSR count). The van der Waals surface area contributed by atoms with Gasteiger partial charge in [0, 0.05) is 13.1 Å². The maximum absolute atomic E-state index is 12.5. The van der Waals surface area contributed by atoms with Gasteiger partial charge in [0.1, 0.15) is 11.4 Å². The molecule has 0 bridgehead atoms. The molecule has 0 radical (unpaired) electrons. The number of aromatic nitrogens is 4. The van der Waals surface area contributed by atoms with Crippen LogP contribution in [-0.4, -0.2) is 31.8 Å².